The van der Waals surface area contributed by atoms with E-state index in [-0.39, 0.29) is 0 Å². The standard InChI is InChI=1S/C12H18N4O/c1-14-8-10-3-2-6-16(10)11-7-9(12(13)17)4-5-15-11/h4-5,7,10,14H,2-3,6,8H2,1H3,(H2,13,17). The van der Waals surface area contributed by atoms with Crippen molar-refractivity contribution in [1.29, 1.82) is 0 Å². The van der Waals surface area contributed by atoms with Gasteiger partial charge in [-0.15, -0.1) is 0 Å². The Kier molecular flexibility index (Phi) is 3.58. The highest BCUT2D eigenvalue weighted by Gasteiger charge is 2.25. The largest absolute Gasteiger partial charge is 0.366 e. The van der Waals surface area contributed by atoms with E-state index in [1.54, 1.807) is 18.3 Å². The Morgan fingerprint density at radius 1 is 1.71 bits per heavy atom. The molecule has 1 aromatic heterocycles. The number of primary amides is 1. The predicted octanol–water partition coefficient (Wildman–Crippen LogP) is 0.369. The highest BCUT2D eigenvalue weighted by molar-refractivity contribution is 5.93. The zero-order chi connectivity index (χ0) is 12.3. The Balaban J connectivity index is 2.21. The molecule has 1 amide bonds. The summed E-state index contributed by atoms with van der Waals surface area (Å²) in [6.07, 6.45) is 3.96. The van der Waals surface area contributed by atoms with Crippen molar-refractivity contribution in [2.45, 2.75) is 18.9 Å². The van der Waals surface area contributed by atoms with Gasteiger partial charge in [0.05, 0.1) is 0 Å². The van der Waals surface area contributed by atoms with Gasteiger partial charge in [-0.2, -0.15) is 0 Å². The molecule has 0 aliphatic carbocycles. The fourth-order valence-electron chi connectivity index (χ4n) is 2.31. The quantitative estimate of drug-likeness (QED) is 0.789. The maximum Gasteiger partial charge on any atom is 0.248 e. The van der Waals surface area contributed by atoms with Crippen LogP contribution >= 0.6 is 0 Å². The Morgan fingerprint density at radius 2 is 2.53 bits per heavy atom. The second-order valence-corrected chi connectivity index (χ2v) is 4.31. The molecule has 1 atom stereocenters. The van der Waals surface area contributed by atoms with Crippen LogP contribution in [-0.4, -0.2) is 37.1 Å². The van der Waals surface area contributed by atoms with Crippen LogP contribution in [0.3, 0.4) is 0 Å². The molecule has 0 spiro atoms. The molecule has 0 aromatic carbocycles. The highest BCUT2D eigenvalue weighted by Crippen LogP contribution is 2.23. The minimum atomic E-state index is -0.405. The molecule has 0 radical (unpaired) electrons. The number of anilines is 1. The van der Waals surface area contributed by atoms with Crippen molar-refractivity contribution in [2.75, 3.05) is 25.0 Å². The average Bonchev–Trinajstić information content (AvgIpc) is 2.78. The highest BCUT2D eigenvalue weighted by atomic mass is 16.1. The number of amides is 1. The van der Waals surface area contributed by atoms with Crippen LogP contribution < -0.4 is 16.0 Å². The minimum absolute atomic E-state index is 0.405. The molecule has 1 aromatic rings. The van der Waals surface area contributed by atoms with Crippen LogP contribution in [-0.2, 0) is 0 Å². The Bertz CT molecular complexity index is 407. The lowest BCUT2D eigenvalue weighted by molar-refractivity contribution is 0.1000. The van der Waals surface area contributed by atoms with E-state index < -0.39 is 5.91 Å². The molecule has 3 N–H and O–H groups in total. The van der Waals surface area contributed by atoms with Gasteiger partial charge in [-0.25, -0.2) is 4.98 Å². The maximum atomic E-state index is 11.1. The van der Waals surface area contributed by atoms with Crippen molar-refractivity contribution in [2.24, 2.45) is 5.73 Å². The molecule has 2 rings (SSSR count). The Hall–Kier alpha value is -1.62. The van der Waals surface area contributed by atoms with Crippen molar-refractivity contribution >= 4 is 11.7 Å². The number of aromatic nitrogens is 1. The van der Waals surface area contributed by atoms with E-state index in [4.69, 9.17) is 5.73 Å². The first kappa shape index (κ1) is 11.9. The third-order valence-corrected chi connectivity index (χ3v) is 3.14. The van der Waals surface area contributed by atoms with Crippen LogP contribution in [0.15, 0.2) is 18.3 Å². The van der Waals surface area contributed by atoms with Gasteiger partial charge in [0.1, 0.15) is 5.82 Å². The Morgan fingerprint density at radius 3 is 3.24 bits per heavy atom. The van der Waals surface area contributed by atoms with Gasteiger partial charge in [-0.1, -0.05) is 0 Å². The molecule has 0 saturated carbocycles. The maximum absolute atomic E-state index is 11.1. The van der Waals surface area contributed by atoms with Gasteiger partial charge in [0.25, 0.3) is 0 Å². The second-order valence-electron chi connectivity index (χ2n) is 4.31. The fraction of sp³-hybridized carbons (Fsp3) is 0.500. The number of nitrogens with one attached hydrogen (secondary N) is 1. The molecule has 92 valence electrons. The van der Waals surface area contributed by atoms with Gasteiger partial charge < -0.3 is 16.0 Å². The van der Waals surface area contributed by atoms with Crippen LogP contribution in [0.2, 0.25) is 0 Å². The van der Waals surface area contributed by atoms with Gasteiger partial charge in [-0.05, 0) is 32.0 Å². The lowest BCUT2D eigenvalue weighted by Gasteiger charge is -2.25. The zero-order valence-corrected chi connectivity index (χ0v) is 10.0. The minimum Gasteiger partial charge on any atom is -0.366 e. The lowest BCUT2D eigenvalue weighted by Crippen LogP contribution is -2.37. The summed E-state index contributed by atoms with van der Waals surface area (Å²) in [7, 11) is 1.95. The zero-order valence-electron chi connectivity index (χ0n) is 10.0. The van der Waals surface area contributed by atoms with E-state index in [9.17, 15) is 4.79 Å². The first-order valence-electron chi connectivity index (χ1n) is 5.89. The van der Waals surface area contributed by atoms with Crippen LogP contribution in [0.5, 0.6) is 0 Å². The lowest BCUT2D eigenvalue weighted by atomic mass is 10.2. The van der Waals surface area contributed by atoms with Crippen LogP contribution in [0, 0.1) is 0 Å². The van der Waals surface area contributed by atoms with Gasteiger partial charge in [0.2, 0.25) is 5.91 Å². The number of hydrogen-bond donors (Lipinski definition) is 2. The number of pyridine rings is 1. The third kappa shape index (κ3) is 2.55. The average molecular weight is 234 g/mol. The van der Waals surface area contributed by atoms with Crippen molar-refractivity contribution < 1.29 is 4.79 Å². The second kappa shape index (κ2) is 5.14. The summed E-state index contributed by atoms with van der Waals surface area (Å²) in [5, 5.41) is 3.19. The van der Waals surface area contributed by atoms with E-state index in [1.165, 1.54) is 0 Å². The first-order chi connectivity index (χ1) is 8.22. The number of hydrogen-bond acceptors (Lipinski definition) is 4. The summed E-state index contributed by atoms with van der Waals surface area (Å²) in [5.74, 6) is 0.442. The van der Waals surface area contributed by atoms with Crippen LogP contribution in [0.1, 0.15) is 23.2 Å². The predicted molar refractivity (Wildman–Crippen MR) is 67.0 cm³/mol. The molecule has 5 nitrogen and oxygen atoms in total. The van der Waals surface area contributed by atoms with Gasteiger partial charge in [0, 0.05) is 30.9 Å². The van der Waals surface area contributed by atoms with Crippen molar-refractivity contribution in [3.8, 4) is 0 Å². The Labute approximate surface area is 101 Å². The molecule has 1 aliphatic heterocycles. The van der Waals surface area contributed by atoms with E-state index in [1.807, 2.05) is 7.05 Å². The molecule has 0 bridgehead atoms. The summed E-state index contributed by atoms with van der Waals surface area (Å²) >= 11 is 0. The fourth-order valence-corrected chi connectivity index (χ4v) is 2.31. The number of rotatable bonds is 4. The number of nitrogens with two attached hydrogens (primary N) is 1. The summed E-state index contributed by atoms with van der Waals surface area (Å²) in [6, 6.07) is 3.88. The first-order valence-corrected chi connectivity index (χ1v) is 5.89. The third-order valence-electron chi connectivity index (χ3n) is 3.14. The van der Waals surface area contributed by atoms with Crippen LogP contribution in [0.25, 0.3) is 0 Å². The SMILES string of the molecule is CNCC1CCCN1c1cc(C(N)=O)ccn1. The van der Waals surface area contributed by atoms with E-state index in [0.29, 0.717) is 11.6 Å². The number of carbonyl (C=O) groups excluding carboxylic acids is 1. The van der Waals surface area contributed by atoms with Gasteiger partial charge in [-0.3, -0.25) is 4.79 Å². The number of nitrogens with zero attached hydrogens (tertiary/aromatic N) is 2. The number of likely N-dealkylation sites (N-methyl/N-ethyl adjacent to an activating group) is 1. The van der Waals surface area contributed by atoms with E-state index in [0.717, 1.165) is 31.7 Å². The van der Waals surface area contributed by atoms with Crippen molar-refractivity contribution in [3.05, 3.63) is 23.9 Å². The molecule has 2 heterocycles. The summed E-state index contributed by atoms with van der Waals surface area (Å²) in [6.45, 7) is 1.92. The monoisotopic (exact) mass is 234 g/mol. The smallest absolute Gasteiger partial charge is 0.248 e. The van der Waals surface area contributed by atoms with Crippen molar-refractivity contribution in [3.63, 3.8) is 0 Å². The molecule has 1 fully saturated rings. The van der Waals surface area contributed by atoms with Gasteiger partial charge in [0.15, 0.2) is 0 Å². The molecular formula is C12H18N4O. The molecule has 1 unspecified atom stereocenters. The van der Waals surface area contributed by atoms with Gasteiger partial charge >= 0.3 is 0 Å². The normalized spacial score (nSPS) is 19.6. The summed E-state index contributed by atoms with van der Waals surface area (Å²) in [4.78, 5) is 17.7. The molecule has 5 heteroatoms. The molecular weight excluding hydrogens is 216 g/mol. The molecule has 17 heavy (non-hydrogen) atoms. The topological polar surface area (TPSA) is 71.2 Å². The van der Waals surface area contributed by atoms with Crippen LogP contribution in [0.4, 0.5) is 5.82 Å². The number of carbonyl (C=O) groups is 1. The van der Waals surface area contributed by atoms with E-state index in [2.05, 4.69) is 15.2 Å². The molecule has 1 saturated heterocycles. The van der Waals surface area contributed by atoms with Crippen molar-refractivity contribution in [1.82, 2.24) is 10.3 Å². The van der Waals surface area contributed by atoms with E-state index >= 15 is 0 Å². The molecule has 1 aliphatic rings. The summed E-state index contributed by atoms with van der Waals surface area (Å²) in [5.41, 5.74) is 5.80. The summed E-state index contributed by atoms with van der Waals surface area (Å²) < 4.78 is 0.